The first-order valence-electron chi connectivity index (χ1n) is 6.81. The van der Waals surface area contributed by atoms with Crippen LogP contribution in [-0.4, -0.2) is 5.54 Å². The van der Waals surface area contributed by atoms with Gasteiger partial charge in [-0.2, -0.15) is 0 Å². The van der Waals surface area contributed by atoms with Gasteiger partial charge in [-0.15, -0.1) is 0 Å². The third kappa shape index (κ3) is 5.03. The second-order valence-electron chi connectivity index (χ2n) is 5.89. The first-order chi connectivity index (χ1) is 9.85. The molecule has 0 saturated carbocycles. The van der Waals surface area contributed by atoms with E-state index >= 15 is 0 Å². The molecule has 0 radical (unpaired) electrons. The van der Waals surface area contributed by atoms with E-state index in [1.54, 1.807) is 17.8 Å². The summed E-state index contributed by atoms with van der Waals surface area (Å²) in [6.07, 6.45) is 0. The minimum absolute atomic E-state index is 0.0152. The van der Waals surface area contributed by atoms with Gasteiger partial charge in [-0.25, -0.2) is 4.39 Å². The number of rotatable bonds is 4. The van der Waals surface area contributed by atoms with Gasteiger partial charge in [0.15, 0.2) is 0 Å². The summed E-state index contributed by atoms with van der Waals surface area (Å²) in [6, 6.07) is 12.6. The van der Waals surface area contributed by atoms with Crippen LogP contribution in [0.5, 0.6) is 0 Å². The quantitative estimate of drug-likeness (QED) is 0.795. The molecule has 2 aromatic carbocycles. The molecular weight excluding hydrogens is 305 g/mol. The van der Waals surface area contributed by atoms with E-state index in [1.165, 1.54) is 6.07 Å². The van der Waals surface area contributed by atoms with Crippen LogP contribution in [0.25, 0.3) is 0 Å². The average molecular weight is 324 g/mol. The van der Waals surface area contributed by atoms with E-state index in [9.17, 15) is 4.39 Å². The highest BCUT2D eigenvalue weighted by Crippen LogP contribution is 2.35. The minimum Gasteiger partial charge on any atom is -0.308 e. The Kier molecular flexibility index (Phi) is 5.31. The molecule has 0 aliphatic carbocycles. The molecule has 4 heteroatoms. The van der Waals surface area contributed by atoms with Crippen molar-refractivity contribution in [2.45, 2.75) is 42.6 Å². The van der Waals surface area contributed by atoms with Crippen LogP contribution in [0.1, 0.15) is 26.3 Å². The van der Waals surface area contributed by atoms with Crippen molar-refractivity contribution < 1.29 is 4.39 Å². The lowest BCUT2D eigenvalue weighted by Crippen LogP contribution is -2.35. The highest BCUT2D eigenvalue weighted by Gasteiger charge is 2.12. The van der Waals surface area contributed by atoms with Gasteiger partial charge in [-0.1, -0.05) is 35.5 Å². The molecule has 112 valence electrons. The largest absolute Gasteiger partial charge is 0.308 e. The molecule has 0 heterocycles. The van der Waals surface area contributed by atoms with Crippen molar-refractivity contribution in [1.29, 1.82) is 0 Å². The lowest BCUT2D eigenvalue weighted by Gasteiger charge is -2.21. The van der Waals surface area contributed by atoms with E-state index in [0.29, 0.717) is 11.6 Å². The van der Waals surface area contributed by atoms with Crippen LogP contribution in [0.3, 0.4) is 0 Å². The van der Waals surface area contributed by atoms with Crippen LogP contribution < -0.4 is 5.32 Å². The zero-order valence-electron chi connectivity index (χ0n) is 12.4. The molecule has 1 N–H and O–H groups in total. The summed E-state index contributed by atoms with van der Waals surface area (Å²) in [5.41, 5.74) is 0.924. The van der Waals surface area contributed by atoms with Crippen LogP contribution in [0, 0.1) is 5.82 Å². The molecule has 0 aliphatic rings. The topological polar surface area (TPSA) is 12.0 Å². The van der Waals surface area contributed by atoms with Crippen molar-refractivity contribution in [3.63, 3.8) is 0 Å². The summed E-state index contributed by atoms with van der Waals surface area (Å²) < 4.78 is 13.5. The van der Waals surface area contributed by atoms with Gasteiger partial charge in [-0.05, 0) is 56.7 Å². The monoisotopic (exact) mass is 323 g/mol. The average Bonchev–Trinajstić information content (AvgIpc) is 2.40. The van der Waals surface area contributed by atoms with Crippen LogP contribution in [0.4, 0.5) is 4.39 Å². The van der Waals surface area contributed by atoms with E-state index in [1.807, 2.05) is 30.3 Å². The van der Waals surface area contributed by atoms with Crippen LogP contribution in [-0.2, 0) is 6.54 Å². The first-order valence-corrected chi connectivity index (χ1v) is 8.00. The molecule has 1 nitrogen and oxygen atoms in total. The molecule has 0 fully saturated rings. The Hall–Kier alpha value is -1.03. The summed E-state index contributed by atoms with van der Waals surface area (Å²) >= 11 is 7.76. The third-order valence-corrected chi connectivity index (χ3v) is 4.52. The normalized spacial score (nSPS) is 11.7. The Balaban J connectivity index is 2.25. The van der Waals surface area contributed by atoms with Gasteiger partial charge in [0.05, 0.1) is 5.02 Å². The molecule has 0 spiro atoms. The van der Waals surface area contributed by atoms with Gasteiger partial charge < -0.3 is 5.32 Å². The summed E-state index contributed by atoms with van der Waals surface area (Å²) in [4.78, 5) is 1.99. The van der Waals surface area contributed by atoms with Crippen molar-refractivity contribution in [3.8, 4) is 0 Å². The Morgan fingerprint density at radius 2 is 1.81 bits per heavy atom. The Labute approximate surface area is 134 Å². The van der Waals surface area contributed by atoms with Gasteiger partial charge in [0.2, 0.25) is 0 Å². The highest BCUT2D eigenvalue weighted by molar-refractivity contribution is 7.99. The van der Waals surface area contributed by atoms with Gasteiger partial charge in [0, 0.05) is 21.9 Å². The van der Waals surface area contributed by atoms with Crippen LogP contribution >= 0.6 is 23.4 Å². The summed E-state index contributed by atoms with van der Waals surface area (Å²) in [5, 5.41) is 4.10. The van der Waals surface area contributed by atoms with Crippen molar-refractivity contribution in [2.75, 3.05) is 0 Å². The second kappa shape index (κ2) is 6.82. The Morgan fingerprint density at radius 3 is 2.48 bits per heavy atom. The number of hydrogen-bond acceptors (Lipinski definition) is 2. The van der Waals surface area contributed by atoms with Gasteiger partial charge >= 0.3 is 0 Å². The smallest absolute Gasteiger partial charge is 0.123 e. The summed E-state index contributed by atoms with van der Waals surface area (Å²) in [6.45, 7) is 6.89. The molecule has 2 aromatic rings. The highest BCUT2D eigenvalue weighted by atomic mass is 35.5. The lowest BCUT2D eigenvalue weighted by molar-refractivity contribution is 0.422. The van der Waals surface area contributed by atoms with Gasteiger partial charge in [0.25, 0.3) is 0 Å². The van der Waals surface area contributed by atoms with Gasteiger partial charge in [0.1, 0.15) is 5.82 Å². The van der Waals surface area contributed by atoms with E-state index in [-0.39, 0.29) is 11.4 Å². The maximum Gasteiger partial charge on any atom is 0.123 e. The van der Waals surface area contributed by atoms with E-state index in [0.717, 1.165) is 15.4 Å². The lowest BCUT2D eigenvalue weighted by atomic mass is 10.1. The zero-order valence-corrected chi connectivity index (χ0v) is 14.0. The third-order valence-electron chi connectivity index (χ3n) is 2.89. The fraction of sp³-hybridized carbons (Fsp3) is 0.294. The molecule has 0 amide bonds. The van der Waals surface area contributed by atoms with Crippen molar-refractivity contribution >= 4 is 23.4 Å². The summed E-state index contributed by atoms with van der Waals surface area (Å²) in [7, 11) is 0. The van der Waals surface area contributed by atoms with E-state index in [2.05, 4.69) is 26.1 Å². The fourth-order valence-electron chi connectivity index (χ4n) is 1.79. The number of nitrogens with one attached hydrogen (secondary N) is 1. The number of halogens is 2. The van der Waals surface area contributed by atoms with Crippen LogP contribution in [0.15, 0.2) is 52.3 Å². The van der Waals surface area contributed by atoms with E-state index < -0.39 is 0 Å². The minimum atomic E-state index is -0.218. The van der Waals surface area contributed by atoms with E-state index in [4.69, 9.17) is 11.6 Å². The second-order valence-corrected chi connectivity index (χ2v) is 7.38. The molecule has 0 aliphatic heterocycles. The predicted octanol–water partition coefficient (Wildman–Crippen LogP) is 5.52. The van der Waals surface area contributed by atoms with Crippen LogP contribution in [0.2, 0.25) is 5.02 Å². The summed E-state index contributed by atoms with van der Waals surface area (Å²) in [5.74, 6) is -0.218. The predicted molar refractivity (Wildman–Crippen MR) is 88.6 cm³/mol. The standard InChI is InChI=1S/C17H19ClFNS/c1-17(2,3)20-11-12-10-13(19)8-9-15(12)21-16-7-5-4-6-14(16)18/h4-10,20H,11H2,1-3H3. The first kappa shape index (κ1) is 16.3. The molecule has 0 saturated heterocycles. The molecule has 0 unspecified atom stereocenters. The van der Waals surface area contributed by atoms with Crippen molar-refractivity contribution in [1.82, 2.24) is 5.32 Å². The zero-order chi connectivity index (χ0) is 15.5. The molecule has 2 rings (SSSR count). The molecule has 0 aromatic heterocycles. The van der Waals surface area contributed by atoms with Crippen molar-refractivity contribution in [2.24, 2.45) is 0 Å². The maximum atomic E-state index is 13.5. The van der Waals surface area contributed by atoms with Crippen molar-refractivity contribution in [3.05, 3.63) is 58.9 Å². The molecule has 0 bridgehead atoms. The van der Waals surface area contributed by atoms with Gasteiger partial charge in [-0.3, -0.25) is 0 Å². The Bertz CT molecular complexity index is 622. The fourth-order valence-corrected chi connectivity index (χ4v) is 2.99. The number of benzene rings is 2. The molecule has 0 atom stereocenters. The molecule has 21 heavy (non-hydrogen) atoms. The number of hydrogen-bond donors (Lipinski definition) is 1. The Morgan fingerprint density at radius 1 is 1.10 bits per heavy atom. The SMILES string of the molecule is CC(C)(C)NCc1cc(F)ccc1Sc1ccccc1Cl. The molecular formula is C17H19ClFNS. The maximum absolute atomic E-state index is 13.5.